The van der Waals surface area contributed by atoms with E-state index < -0.39 is 10.1 Å². The summed E-state index contributed by atoms with van der Waals surface area (Å²) in [4.78, 5) is 0. The molecule has 0 bridgehead atoms. The molecule has 110 valence electrons. The van der Waals surface area contributed by atoms with Gasteiger partial charge in [-0.15, -0.1) is 0 Å². The van der Waals surface area contributed by atoms with Gasteiger partial charge in [-0.05, 0) is 50.8 Å². The van der Waals surface area contributed by atoms with Crippen LogP contribution in [0.4, 0.5) is 0 Å². The van der Waals surface area contributed by atoms with Gasteiger partial charge in [0.1, 0.15) is 0 Å². The molecule has 1 aromatic heterocycles. The van der Waals surface area contributed by atoms with E-state index in [0.29, 0.717) is 0 Å². The number of rotatable bonds is 3. The van der Waals surface area contributed by atoms with Crippen LogP contribution in [0.15, 0.2) is 24.3 Å². The third-order valence-corrected chi connectivity index (χ3v) is 3.71. The summed E-state index contributed by atoms with van der Waals surface area (Å²) in [5, 5.41) is 1.15. The van der Waals surface area contributed by atoms with E-state index in [0.717, 1.165) is 22.7 Å². The lowest BCUT2D eigenvalue weighted by Crippen LogP contribution is -2.22. The molecule has 0 unspecified atom stereocenters. The molecule has 0 amide bonds. The van der Waals surface area contributed by atoms with Crippen molar-refractivity contribution in [2.24, 2.45) is 0 Å². The van der Waals surface area contributed by atoms with E-state index >= 15 is 0 Å². The van der Waals surface area contributed by atoms with Crippen molar-refractivity contribution in [1.29, 1.82) is 0 Å². The van der Waals surface area contributed by atoms with Gasteiger partial charge in [0.2, 0.25) is 0 Å². The number of hydrogen-bond acceptors (Lipinski definition) is 3. The predicted octanol–water partition coefficient (Wildman–Crippen LogP) is 3.18. The Morgan fingerprint density at radius 3 is 2.40 bits per heavy atom. The van der Waals surface area contributed by atoms with Gasteiger partial charge >= 0.3 is 0 Å². The number of aryl methyl sites for hydroxylation is 1. The second kappa shape index (κ2) is 4.90. The molecule has 1 aromatic carbocycles. The molecule has 0 aliphatic heterocycles. The van der Waals surface area contributed by atoms with Gasteiger partial charge in [-0.2, -0.15) is 8.42 Å². The summed E-state index contributed by atoms with van der Waals surface area (Å²) in [6, 6.07) is 8.05. The van der Waals surface area contributed by atoms with E-state index in [-0.39, 0.29) is 12.1 Å². The topological polar surface area (TPSA) is 48.3 Å². The molecule has 1 heterocycles. The molecular formula is C15H21NO3S. The minimum absolute atomic E-state index is 0.0256. The van der Waals surface area contributed by atoms with E-state index in [1.54, 1.807) is 0 Å². The molecule has 5 heteroatoms. The number of aromatic nitrogens is 1. The Bertz CT molecular complexity index is 736. The molecule has 2 aromatic rings. The monoisotopic (exact) mass is 295 g/mol. The fraction of sp³-hybridized carbons (Fsp3) is 0.467. The highest BCUT2D eigenvalue weighted by Gasteiger charge is 2.18. The summed E-state index contributed by atoms with van der Waals surface area (Å²) in [5.41, 5.74) is 3.12. The van der Waals surface area contributed by atoms with Gasteiger partial charge in [0.15, 0.2) is 0 Å². The average Bonchev–Trinajstić information content (AvgIpc) is 2.59. The Hall–Kier alpha value is -1.33. The molecule has 0 saturated carbocycles. The highest BCUT2D eigenvalue weighted by Crippen LogP contribution is 2.28. The van der Waals surface area contributed by atoms with Crippen molar-refractivity contribution in [2.45, 2.75) is 39.8 Å². The van der Waals surface area contributed by atoms with Crippen LogP contribution in [0.5, 0.6) is 0 Å². The minimum Gasteiger partial charge on any atom is -0.340 e. The van der Waals surface area contributed by atoms with Crippen molar-refractivity contribution in [2.75, 3.05) is 6.26 Å². The fourth-order valence-electron chi connectivity index (χ4n) is 2.54. The Labute approximate surface area is 120 Å². The zero-order chi connectivity index (χ0) is 15.1. The summed E-state index contributed by atoms with van der Waals surface area (Å²) in [5.74, 6) is 0. The Balaban J connectivity index is 2.47. The molecule has 2 rings (SSSR count). The minimum atomic E-state index is -3.42. The molecule has 0 radical (unpaired) electrons. The van der Waals surface area contributed by atoms with Gasteiger partial charge in [-0.3, -0.25) is 4.18 Å². The van der Waals surface area contributed by atoms with E-state index in [9.17, 15) is 8.42 Å². The largest absolute Gasteiger partial charge is 0.340 e. The second-order valence-corrected chi connectivity index (χ2v) is 7.80. The zero-order valence-corrected chi connectivity index (χ0v) is 13.4. The molecule has 0 saturated heterocycles. The highest BCUT2D eigenvalue weighted by molar-refractivity contribution is 7.85. The lowest BCUT2D eigenvalue weighted by molar-refractivity contribution is 0.311. The van der Waals surface area contributed by atoms with Gasteiger partial charge in [0.25, 0.3) is 10.1 Å². The highest BCUT2D eigenvalue weighted by atomic mass is 32.2. The van der Waals surface area contributed by atoms with Crippen LogP contribution in [0.2, 0.25) is 0 Å². The first-order valence-corrected chi connectivity index (χ1v) is 8.35. The average molecular weight is 295 g/mol. The van der Waals surface area contributed by atoms with Gasteiger partial charge in [0, 0.05) is 16.7 Å². The zero-order valence-electron chi connectivity index (χ0n) is 12.6. The van der Waals surface area contributed by atoms with Crippen LogP contribution < -0.4 is 0 Å². The maximum absolute atomic E-state index is 11.1. The van der Waals surface area contributed by atoms with Crippen molar-refractivity contribution in [3.05, 3.63) is 35.5 Å². The van der Waals surface area contributed by atoms with E-state index in [4.69, 9.17) is 4.18 Å². The summed E-state index contributed by atoms with van der Waals surface area (Å²) in [6.07, 6.45) is 1.06. The van der Waals surface area contributed by atoms with Crippen molar-refractivity contribution >= 4 is 21.0 Å². The molecule has 0 spiro atoms. The first-order valence-electron chi connectivity index (χ1n) is 6.54. The smallest absolute Gasteiger partial charge is 0.264 e. The number of nitrogens with zero attached hydrogens (tertiary/aromatic N) is 1. The van der Waals surface area contributed by atoms with Crippen LogP contribution in [-0.2, 0) is 26.4 Å². The number of fused-ring (bicyclic) bond motifs is 1. The first-order chi connectivity index (χ1) is 9.08. The molecule has 0 N–H and O–H groups in total. The van der Waals surface area contributed by atoms with Crippen LogP contribution in [0, 0.1) is 6.92 Å². The second-order valence-electron chi connectivity index (χ2n) is 6.15. The normalized spacial score (nSPS) is 13.1. The summed E-state index contributed by atoms with van der Waals surface area (Å²) in [6.45, 7) is 8.61. The predicted molar refractivity (Wildman–Crippen MR) is 81.3 cm³/mol. The van der Waals surface area contributed by atoms with Crippen molar-refractivity contribution in [3.63, 3.8) is 0 Å². The Kier molecular flexibility index (Phi) is 3.69. The molecular weight excluding hydrogens is 274 g/mol. The first kappa shape index (κ1) is 15.1. The van der Waals surface area contributed by atoms with Gasteiger partial charge in [-0.25, -0.2) is 0 Å². The van der Waals surface area contributed by atoms with Crippen molar-refractivity contribution in [3.8, 4) is 0 Å². The maximum atomic E-state index is 11.1. The lowest BCUT2D eigenvalue weighted by Gasteiger charge is -2.25. The van der Waals surface area contributed by atoms with Gasteiger partial charge < -0.3 is 4.57 Å². The van der Waals surface area contributed by atoms with Crippen LogP contribution in [0.25, 0.3) is 10.9 Å². The fourth-order valence-corrected chi connectivity index (χ4v) is 2.89. The summed E-state index contributed by atoms with van der Waals surface area (Å²) >= 11 is 0. The third-order valence-electron chi connectivity index (χ3n) is 3.16. The summed E-state index contributed by atoms with van der Waals surface area (Å²) < 4.78 is 29.3. The molecule has 20 heavy (non-hydrogen) atoms. The van der Waals surface area contributed by atoms with Crippen molar-refractivity contribution < 1.29 is 12.6 Å². The van der Waals surface area contributed by atoms with Gasteiger partial charge in [0.05, 0.1) is 12.9 Å². The van der Waals surface area contributed by atoms with Gasteiger partial charge in [-0.1, -0.05) is 12.1 Å². The third kappa shape index (κ3) is 3.22. The molecule has 0 aliphatic rings. The van der Waals surface area contributed by atoms with Crippen LogP contribution in [0.1, 0.15) is 32.0 Å². The Morgan fingerprint density at radius 1 is 1.20 bits per heavy atom. The van der Waals surface area contributed by atoms with E-state index in [1.165, 1.54) is 5.69 Å². The van der Waals surface area contributed by atoms with Crippen LogP contribution >= 0.6 is 0 Å². The lowest BCUT2D eigenvalue weighted by atomic mass is 10.1. The maximum Gasteiger partial charge on any atom is 0.264 e. The summed E-state index contributed by atoms with van der Waals surface area (Å²) in [7, 11) is -3.42. The molecule has 0 fully saturated rings. The van der Waals surface area contributed by atoms with E-state index in [2.05, 4.69) is 38.3 Å². The number of hydrogen-bond donors (Lipinski definition) is 0. The molecule has 0 aliphatic carbocycles. The molecule has 4 nitrogen and oxygen atoms in total. The van der Waals surface area contributed by atoms with Crippen LogP contribution in [-0.4, -0.2) is 19.2 Å². The molecule has 0 atom stereocenters. The quantitative estimate of drug-likeness (QED) is 0.817. The Morgan fingerprint density at radius 2 is 1.85 bits per heavy atom. The van der Waals surface area contributed by atoms with Crippen molar-refractivity contribution in [1.82, 2.24) is 4.57 Å². The SMILES string of the molecule is Cc1cc2ccc(COS(C)(=O)=O)cc2n1C(C)(C)C. The number of benzene rings is 1. The van der Waals surface area contributed by atoms with E-state index in [1.807, 2.05) is 18.2 Å². The standard InChI is InChI=1S/C15H21NO3S/c1-11-8-13-7-6-12(10-19-20(5,17)18)9-14(13)16(11)15(2,3)4/h6-9H,10H2,1-5H3. The van der Waals surface area contributed by atoms with Crippen LogP contribution in [0.3, 0.4) is 0 Å².